The van der Waals surface area contributed by atoms with Gasteiger partial charge in [-0.3, -0.25) is 4.79 Å². The summed E-state index contributed by atoms with van der Waals surface area (Å²) in [6, 6.07) is 19.7. The van der Waals surface area contributed by atoms with Gasteiger partial charge in [0, 0.05) is 36.6 Å². The zero-order chi connectivity index (χ0) is 17.8. The van der Waals surface area contributed by atoms with E-state index in [0.29, 0.717) is 10.4 Å². The second-order valence-electron chi connectivity index (χ2n) is 6.38. The Morgan fingerprint density at radius 3 is 2.19 bits per heavy atom. The molecule has 0 spiro atoms. The van der Waals surface area contributed by atoms with Crippen molar-refractivity contribution in [2.45, 2.75) is 12.8 Å². The Kier molecular flexibility index (Phi) is 4.93. The molecule has 0 N–H and O–H groups in total. The predicted molar refractivity (Wildman–Crippen MR) is 106 cm³/mol. The predicted octanol–water partition coefficient (Wildman–Crippen LogP) is 4.86. The van der Waals surface area contributed by atoms with Gasteiger partial charge in [0.1, 0.15) is 5.01 Å². The maximum atomic E-state index is 12.7. The summed E-state index contributed by atoms with van der Waals surface area (Å²) in [5.41, 5.74) is 2.92. The van der Waals surface area contributed by atoms with Gasteiger partial charge in [-0.05, 0) is 18.4 Å². The Morgan fingerprint density at radius 1 is 0.923 bits per heavy atom. The molecule has 3 nitrogen and oxygen atoms in total. The maximum absolute atomic E-state index is 12.7. The van der Waals surface area contributed by atoms with Gasteiger partial charge in [-0.1, -0.05) is 60.7 Å². The number of rotatable bonds is 5. The average molecular weight is 360 g/mol. The fourth-order valence-corrected chi connectivity index (χ4v) is 4.07. The Morgan fingerprint density at radius 2 is 1.54 bits per heavy atom. The van der Waals surface area contributed by atoms with E-state index in [9.17, 15) is 4.79 Å². The highest BCUT2D eigenvalue weighted by atomic mass is 32.1. The van der Waals surface area contributed by atoms with Crippen molar-refractivity contribution in [2.24, 2.45) is 0 Å². The van der Waals surface area contributed by atoms with E-state index in [-0.39, 0.29) is 5.78 Å². The standard InChI is InChI=1S/C22H20N2OS/c25-21(18-11-5-2-6-12-18)20-15-23-22(26-20)19(16-24-13-7-8-14-24)17-9-3-1-4-10-17/h1-6,9-12,15-16H,7-8,13-14H2/b19-16+. The molecule has 0 unspecified atom stereocenters. The number of likely N-dealkylation sites (tertiary alicyclic amines) is 1. The van der Waals surface area contributed by atoms with Crippen LogP contribution in [-0.4, -0.2) is 28.8 Å². The van der Waals surface area contributed by atoms with E-state index in [1.807, 2.05) is 48.5 Å². The molecule has 1 saturated heterocycles. The number of hydrogen-bond donors (Lipinski definition) is 0. The zero-order valence-electron chi connectivity index (χ0n) is 14.5. The first-order chi connectivity index (χ1) is 12.8. The van der Waals surface area contributed by atoms with Crippen molar-refractivity contribution in [1.29, 1.82) is 0 Å². The third-order valence-corrected chi connectivity index (χ3v) is 5.56. The molecule has 3 aromatic rings. The summed E-state index contributed by atoms with van der Waals surface area (Å²) in [5.74, 6) is 0.0305. The van der Waals surface area contributed by atoms with Gasteiger partial charge in [0.05, 0.1) is 4.88 Å². The molecule has 1 aromatic heterocycles. The van der Waals surface area contributed by atoms with Crippen LogP contribution in [0.5, 0.6) is 0 Å². The van der Waals surface area contributed by atoms with Gasteiger partial charge in [0.15, 0.2) is 0 Å². The summed E-state index contributed by atoms with van der Waals surface area (Å²) in [5, 5.41) is 0.891. The lowest BCUT2D eigenvalue weighted by Crippen LogP contribution is -2.12. The fraction of sp³-hybridized carbons (Fsp3) is 0.182. The van der Waals surface area contributed by atoms with Crippen molar-refractivity contribution in [3.8, 4) is 0 Å². The van der Waals surface area contributed by atoms with E-state index in [0.717, 1.165) is 29.2 Å². The van der Waals surface area contributed by atoms with Crippen LogP contribution in [0, 0.1) is 0 Å². The normalized spacial score (nSPS) is 14.6. The van der Waals surface area contributed by atoms with Crippen molar-refractivity contribution in [2.75, 3.05) is 13.1 Å². The van der Waals surface area contributed by atoms with Gasteiger partial charge < -0.3 is 4.90 Å². The van der Waals surface area contributed by atoms with E-state index < -0.39 is 0 Å². The maximum Gasteiger partial charge on any atom is 0.204 e. The Bertz CT molecular complexity index is 910. The molecule has 130 valence electrons. The van der Waals surface area contributed by atoms with Crippen molar-refractivity contribution in [3.05, 3.63) is 94.1 Å². The molecule has 2 aromatic carbocycles. The van der Waals surface area contributed by atoms with E-state index in [1.54, 1.807) is 6.20 Å². The molecule has 2 heterocycles. The van der Waals surface area contributed by atoms with Crippen molar-refractivity contribution < 1.29 is 4.79 Å². The molecule has 1 fully saturated rings. The lowest BCUT2D eigenvalue weighted by Gasteiger charge is -2.14. The highest BCUT2D eigenvalue weighted by Crippen LogP contribution is 2.29. The molecule has 0 atom stereocenters. The molecule has 1 aliphatic rings. The molecule has 0 radical (unpaired) electrons. The minimum absolute atomic E-state index is 0.0305. The molecule has 26 heavy (non-hydrogen) atoms. The Balaban J connectivity index is 1.69. The first-order valence-electron chi connectivity index (χ1n) is 8.88. The molecule has 4 rings (SSSR count). The average Bonchev–Trinajstić information content (AvgIpc) is 3.39. The van der Waals surface area contributed by atoms with E-state index in [1.165, 1.54) is 24.2 Å². The largest absolute Gasteiger partial charge is 0.377 e. The van der Waals surface area contributed by atoms with Crippen molar-refractivity contribution in [1.82, 2.24) is 9.88 Å². The first-order valence-corrected chi connectivity index (χ1v) is 9.70. The zero-order valence-corrected chi connectivity index (χ0v) is 15.3. The third kappa shape index (κ3) is 3.60. The summed E-state index contributed by atoms with van der Waals surface area (Å²) in [7, 11) is 0. The quantitative estimate of drug-likeness (QED) is 0.609. The minimum atomic E-state index is 0.0305. The molecule has 0 saturated carbocycles. The van der Waals surface area contributed by atoms with Crippen LogP contribution in [0.4, 0.5) is 0 Å². The van der Waals surface area contributed by atoms with Crippen LogP contribution in [0.25, 0.3) is 5.57 Å². The van der Waals surface area contributed by atoms with Gasteiger partial charge in [-0.2, -0.15) is 0 Å². The van der Waals surface area contributed by atoms with Gasteiger partial charge in [-0.15, -0.1) is 11.3 Å². The second kappa shape index (κ2) is 7.67. The van der Waals surface area contributed by atoms with Gasteiger partial charge in [0.25, 0.3) is 0 Å². The molecule has 0 aliphatic carbocycles. The third-order valence-electron chi connectivity index (χ3n) is 4.53. The molecule has 0 amide bonds. The van der Waals surface area contributed by atoms with Gasteiger partial charge in [-0.25, -0.2) is 4.98 Å². The number of aromatic nitrogens is 1. The highest BCUT2D eigenvalue weighted by molar-refractivity contribution is 7.15. The number of ketones is 1. The number of carbonyl (C=O) groups is 1. The summed E-state index contributed by atoms with van der Waals surface area (Å²) < 4.78 is 0. The van der Waals surface area contributed by atoms with Gasteiger partial charge in [0.2, 0.25) is 5.78 Å². The second-order valence-corrected chi connectivity index (χ2v) is 7.41. The first kappa shape index (κ1) is 16.7. The fourth-order valence-electron chi connectivity index (χ4n) is 3.16. The molecular formula is C22H20N2OS. The number of thiazole rings is 1. The Labute approximate surface area is 157 Å². The Hall–Kier alpha value is -2.72. The topological polar surface area (TPSA) is 33.2 Å². The lowest BCUT2D eigenvalue weighted by molar-refractivity contribution is 0.104. The summed E-state index contributed by atoms with van der Waals surface area (Å²) in [6.45, 7) is 2.16. The van der Waals surface area contributed by atoms with E-state index in [4.69, 9.17) is 0 Å². The summed E-state index contributed by atoms with van der Waals surface area (Å²) in [6.07, 6.45) is 6.37. The van der Waals surface area contributed by atoms with E-state index in [2.05, 4.69) is 28.2 Å². The highest BCUT2D eigenvalue weighted by Gasteiger charge is 2.17. The molecule has 1 aliphatic heterocycles. The molecular weight excluding hydrogens is 340 g/mol. The van der Waals surface area contributed by atoms with Crippen LogP contribution in [0.15, 0.2) is 73.1 Å². The summed E-state index contributed by atoms with van der Waals surface area (Å²) >= 11 is 1.47. The minimum Gasteiger partial charge on any atom is -0.377 e. The SMILES string of the molecule is O=C(c1ccccc1)c1cnc(/C(=C/N2CCCC2)c2ccccc2)s1. The van der Waals surface area contributed by atoms with Crippen LogP contribution in [-0.2, 0) is 0 Å². The van der Waals surface area contributed by atoms with E-state index >= 15 is 0 Å². The number of benzene rings is 2. The monoisotopic (exact) mass is 360 g/mol. The number of carbonyl (C=O) groups excluding carboxylic acids is 1. The van der Waals surface area contributed by atoms with Gasteiger partial charge >= 0.3 is 0 Å². The van der Waals surface area contributed by atoms with Crippen LogP contribution in [0.3, 0.4) is 0 Å². The summed E-state index contributed by atoms with van der Waals surface area (Å²) in [4.78, 5) is 20.3. The molecule has 0 bridgehead atoms. The molecule has 4 heteroatoms. The van der Waals surface area contributed by atoms with Crippen LogP contribution in [0.2, 0.25) is 0 Å². The lowest BCUT2D eigenvalue weighted by atomic mass is 10.1. The smallest absolute Gasteiger partial charge is 0.204 e. The van der Waals surface area contributed by atoms with Crippen molar-refractivity contribution >= 4 is 22.7 Å². The van der Waals surface area contributed by atoms with Crippen LogP contribution in [0.1, 0.15) is 38.6 Å². The van der Waals surface area contributed by atoms with Crippen molar-refractivity contribution in [3.63, 3.8) is 0 Å². The number of nitrogens with zero attached hydrogens (tertiary/aromatic N) is 2. The number of hydrogen-bond acceptors (Lipinski definition) is 4. The van der Waals surface area contributed by atoms with Crippen LogP contribution >= 0.6 is 11.3 Å². The van der Waals surface area contributed by atoms with Crippen LogP contribution < -0.4 is 0 Å².